The van der Waals surface area contributed by atoms with Crippen LogP contribution in [0.4, 0.5) is 0 Å². The quantitative estimate of drug-likeness (QED) is 0.528. The van der Waals surface area contributed by atoms with Gasteiger partial charge in [-0.2, -0.15) is 5.10 Å². The summed E-state index contributed by atoms with van der Waals surface area (Å²) in [7, 11) is 0. The second-order valence-electron chi connectivity index (χ2n) is 5.37. The highest BCUT2D eigenvalue weighted by atomic mass is 16.3. The molecule has 3 N–H and O–H groups in total. The molecule has 6 nitrogen and oxygen atoms in total. The van der Waals surface area contributed by atoms with Gasteiger partial charge in [-0.3, -0.25) is 0 Å². The van der Waals surface area contributed by atoms with Crippen LogP contribution in [0.5, 0.6) is 17.2 Å². The van der Waals surface area contributed by atoms with Crippen LogP contribution in [-0.2, 0) is 0 Å². The van der Waals surface area contributed by atoms with E-state index in [0.29, 0.717) is 16.9 Å². The minimum Gasteiger partial charge on any atom is -0.508 e. The fraction of sp³-hybridized carbons (Fsp3) is 0. The Hall–Kier alpha value is -3.54. The van der Waals surface area contributed by atoms with Crippen LogP contribution in [0.1, 0.15) is 0 Å². The Balaban J connectivity index is 2.06. The van der Waals surface area contributed by atoms with Gasteiger partial charge in [0, 0.05) is 29.5 Å². The van der Waals surface area contributed by atoms with Crippen LogP contribution in [0.2, 0.25) is 0 Å². The molecule has 4 rings (SSSR count). The van der Waals surface area contributed by atoms with E-state index in [9.17, 15) is 15.3 Å². The standard InChI is InChI=1S/C18H13N3O3/c22-12-3-1-11(2-4-12)15-10-19-17-7-8-20-21(17)18(15)14-6-5-13(23)9-16(14)24/h1-10,22-24H. The number of hydrogen-bond donors (Lipinski definition) is 3. The Labute approximate surface area is 136 Å². The highest BCUT2D eigenvalue weighted by Crippen LogP contribution is 2.38. The summed E-state index contributed by atoms with van der Waals surface area (Å²) < 4.78 is 1.63. The third-order valence-electron chi connectivity index (χ3n) is 3.83. The number of hydrogen-bond acceptors (Lipinski definition) is 5. The smallest absolute Gasteiger partial charge is 0.155 e. The van der Waals surface area contributed by atoms with E-state index in [-0.39, 0.29) is 17.2 Å². The molecule has 24 heavy (non-hydrogen) atoms. The molecule has 6 heteroatoms. The van der Waals surface area contributed by atoms with Crippen molar-refractivity contribution in [3.05, 3.63) is 60.9 Å². The lowest BCUT2D eigenvalue weighted by atomic mass is 10.00. The Bertz CT molecular complexity index is 1040. The Morgan fingerprint density at radius 3 is 2.29 bits per heavy atom. The van der Waals surface area contributed by atoms with E-state index < -0.39 is 0 Å². The highest BCUT2D eigenvalue weighted by Gasteiger charge is 2.17. The number of phenolic OH excluding ortho intramolecular Hbond substituents is 3. The first kappa shape index (κ1) is 14.1. The van der Waals surface area contributed by atoms with Crippen LogP contribution in [-0.4, -0.2) is 29.9 Å². The van der Waals surface area contributed by atoms with Crippen LogP contribution >= 0.6 is 0 Å². The molecule has 0 atom stereocenters. The van der Waals surface area contributed by atoms with E-state index in [1.807, 2.05) is 0 Å². The van der Waals surface area contributed by atoms with Crippen molar-refractivity contribution in [1.29, 1.82) is 0 Å². The molecule has 2 aromatic carbocycles. The summed E-state index contributed by atoms with van der Waals surface area (Å²) in [4.78, 5) is 4.38. The van der Waals surface area contributed by atoms with E-state index >= 15 is 0 Å². The first-order valence-corrected chi connectivity index (χ1v) is 7.28. The zero-order valence-corrected chi connectivity index (χ0v) is 12.5. The Morgan fingerprint density at radius 1 is 0.792 bits per heavy atom. The molecule has 0 fully saturated rings. The highest BCUT2D eigenvalue weighted by molar-refractivity contribution is 5.84. The lowest BCUT2D eigenvalue weighted by molar-refractivity contribution is 0.451. The predicted octanol–water partition coefficient (Wildman–Crippen LogP) is 3.18. The Morgan fingerprint density at radius 2 is 1.54 bits per heavy atom. The molecular formula is C18H13N3O3. The van der Waals surface area contributed by atoms with Gasteiger partial charge in [0.2, 0.25) is 0 Å². The summed E-state index contributed by atoms with van der Waals surface area (Å²) in [6.45, 7) is 0. The van der Waals surface area contributed by atoms with Crippen molar-refractivity contribution in [2.24, 2.45) is 0 Å². The molecule has 0 spiro atoms. The second kappa shape index (κ2) is 5.27. The molecule has 0 aliphatic heterocycles. The average Bonchev–Trinajstić information content (AvgIpc) is 3.04. The van der Waals surface area contributed by atoms with Gasteiger partial charge < -0.3 is 15.3 Å². The summed E-state index contributed by atoms with van der Waals surface area (Å²) in [5.41, 5.74) is 3.37. The molecule has 0 radical (unpaired) electrons. The van der Waals surface area contributed by atoms with Gasteiger partial charge in [0.15, 0.2) is 5.65 Å². The monoisotopic (exact) mass is 319 g/mol. The lowest BCUT2D eigenvalue weighted by Crippen LogP contribution is -1.99. The fourth-order valence-electron chi connectivity index (χ4n) is 2.70. The van der Waals surface area contributed by atoms with Crippen LogP contribution in [0.3, 0.4) is 0 Å². The zero-order chi connectivity index (χ0) is 16.7. The van der Waals surface area contributed by atoms with Gasteiger partial charge >= 0.3 is 0 Å². The first-order valence-electron chi connectivity index (χ1n) is 7.28. The average molecular weight is 319 g/mol. The molecule has 0 amide bonds. The minimum absolute atomic E-state index is 0.0202. The maximum absolute atomic E-state index is 10.3. The maximum atomic E-state index is 10.3. The predicted molar refractivity (Wildman–Crippen MR) is 88.9 cm³/mol. The molecule has 0 saturated carbocycles. The summed E-state index contributed by atoms with van der Waals surface area (Å²) in [5, 5.41) is 33.6. The summed E-state index contributed by atoms with van der Waals surface area (Å²) in [6.07, 6.45) is 3.33. The van der Waals surface area contributed by atoms with Crippen molar-refractivity contribution in [3.63, 3.8) is 0 Å². The van der Waals surface area contributed by atoms with Gasteiger partial charge in [0.25, 0.3) is 0 Å². The number of benzene rings is 2. The number of aromatic nitrogens is 3. The number of rotatable bonds is 2. The molecule has 0 saturated heterocycles. The zero-order valence-electron chi connectivity index (χ0n) is 12.5. The van der Waals surface area contributed by atoms with E-state index in [2.05, 4.69) is 10.1 Å². The van der Waals surface area contributed by atoms with E-state index in [1.54, 1.807) is 53.3 Å². The summed E-state index contributed by atoms with van der Waals surface area (Å²) in [6, 6.07) is 12.9. The van der Waals surface area contributed by atoms with E-state index in [0.717, 1.165) is 11.1 Å². The number of phenols is 3. The number of nitrogens with zero attached hydrogens (tertiary/aromatic N) is 3. The topological polar surface area (TPSA) is 90.9 Å². The molecule has 0 aliphatic rings. The van der Waals surface area contributed by atoms with Gasteiger partial charge in [-0.1, -0.05) is 12.1 Å². The normalized spacial score (nSPS) is 11.0. The van der Waals surface area contributed by atoms with Gasteiger partial charge in [-0.25, -0.2) is 9.50 Å². The maximum Gasteiger partial charge on any atom is 0.155 e. The molecule has 0 unspecified atom stereocenters. The van der Waals surface area contributed by atoms with E-state index in [4.69, 9.17) is 0 Å². The minimum atomic E-state index is -0.0574. The molecule has 0 bridgehead atoms. The van der Waals surface area contributed by atoms with E-state index in [1.165, 1.54) is 12.1 Å². The van der Waals surface area contributed by atoms with Crippen LogP contribution in [0, 0.1) is 0 Å². The third kappa shape index (κ3) is 2.21. The first-order chi connectivity index (χ1) is 11.6. The fourth-order valence-corrected chi connectivity index (χ4v) is 2.70. The van der Waals surface area contributed by atoms with Crippen molar-refractivity contribution in [2.45, 2.75) is 0 Å². The van der Waals surface area contributed by atoms with Crippen molar-refractivity contribution < 1.29 is 15.3 Å². The molecule has 0 aliphatic carbocycles. The van der Waals surface area contributed by atoms with Crippen molar-refractivity contribution in [1.82, 2.24) is 14.6 Å². The Kier molecular flexibility index (Phi) is 3.09. The number of aromatic hydroxyl groups is 3. The molecule has 2 heterocycles. The second-order valence-corrected chi connectivity index (χ2v) is 5.37. The summed E-state index contributed by atoms with van der Waals surface area (Å²) in [5.74, 6) is 0.0899. The largest absolute Gasteiger partial charge is 0.508 e. The SMILES string of the molecule is Oc1ccc(-c2cnc3ccnn3c2-c2ccc(O)cc2O)cc1. The van der Waals surface area contributed by atoms with Crippen molar-refractivity contribution in [2.75, 3.05) is 0 Å². The third-order valence-corrected chi connectivity index (χ3v) is 3.83. The van der Waals surface area contributed by atoms with Crippen LogP contribution in [0.25, 0.3) is 28.0 Å². The van der Waals surface area contributed by atoms with Crippen LogP contribution in [0.15, 0.2) is 60.9 Å². The van der Waals surface area contributed by atoms with Crippen LogP contribution < -0.4 is 0 Å². The molecule has 118 valence electrons. The number of fused-ring (bicyclic) bond motifs is 1. The van der Waals surface area contributed by atoms with Gasteiger partial charge in [0.05, 0.1) is 11.9 Å². The van der Waals surface area contributed by atoms with Crippen molar-refractivity contribution >= 4 is 5.65 Å². The van der Waals surface area contributed by atoms with Crippen molar-refractivity contribution in [3.8, 4) is 39.6 Å². The van der Waals surface area contributed by atoms with Gasteiger partial charge in [-0.05, 0) is 29.8 Å². The van der Waals surface area contributed by atoms with Gasteiger partial charge in [-0.15, -0.1) is 0 Å². The summed E-state index contributed by atoms with van der Waals surface area (Å²) >= 11 is 0. The molecule has 2 aromatic heterocycles. The molecule has 4 aromatic rings. The van der Waals surface area contributed by atoms with Gasteiger partial charge in [0.1, 0.15) is 17.2 Å². The molecular weight excluding hydrogens is 306 g/mol. The lowest BCUT2D eigenvalue weighted by Gasteiger charge is -2.13.